The first kappa shape index (κ1) is 19.6. The quantitative estimate of drug-likeness (QED) is 0.248. The van der Waals surface area contributed by atoms with Gasteiger partial charge in [0.25, 0.3) is 0 Å². The van der Waals surface area contributed by atoms with Crippen LogP contribution in [0, 0.1) is 5.82 Å². The Morgan fingerprint density at radius 2 is 1.59 bits per heavy atom. The van der Waals surface area contributed by atoms with Crippen LogP contribution in [0.2, 0.25) is 0 Å². The van der Waals surface area contributed by atoms with Crippen LogP contribution in [-0.2, 0) is 18.5 Å². The number of rotatable bonds is 5. The standard InChI is InChI=1S/C23H17F4NS/c24-19-5-3-4-17(12-19)13-28-14-22(20-6-1-2-7-21(20)28)29-15-16-8-10-18(11-9-16)23(25,26)27/h1-12,14H,13,15H2. The van der Waals surface area contributed by atoms with Gasteiger partial charge in [0.15, 0.2) is 0 Å². The summed E-state index contributed by atoms with van der Waals surface area (Å²) in [6.07, 6.45) is -2.31. The first-order chi connectivity index (χ1) is 13.9. The molecule has 0 aliphatic rings. The lowest BCUT2D eigenvalue weighted by atomic mass is 10.1. The van der Waals surface area contributed by atoms with Gasteiger partial charge in [0, 0.05) is 34.3 Å². The van der Waals surface area contributed by atoms with Gasteiger partial charge >= 0.3 is 6.18 Å². The zero-order chi connectivity index (χ0) is 20.4. The van der Waals surface area contributed by atoms with Crippen molar-refractivity contribution in [1.82, 2.24) is 4.57 Å². The van der Waals surface area contributed by atoms with E-state index < -0.39 is 11.7 Å². The molecular formula is C23H17F4NS. The van der Waals surface area contributed by atoms with Crippen LogP contribution in [0.3, 0.4) is 0 Å². The Hall–Kier alpha value is -2.73. The molecule has 1 aromatic heterocycles. The first-order valence-corrected chi connectivity index (χ1v) is 10.00. The summed E-state index contributed by atoms with van der Waals surface area (Å²) in [7, 11) is 0. The van der Waals surface area contributed by atoms with Gasteiger partial charge in [0.2, 0.25) is 0 Å². The zero-order valence-corrected chi connectivity index (χ0v) is 16.1. The number of alkyl halides is 3. The highest BCUT2D eigenvalue weighted by molar-refractivity contribution is 7.98. The van der Waals surface area contributed by atoms with Gasteiger partial charge in [-0.05, 0) is 41.5 Å². The summed E-state index contributed by atoms with van der Waals surface area (Å²) in [5.41, 5.74) is 2.08. The molecule has 148 valence electrons. The molecule has 0 radical (unpaired) electrons. The molecule has 0 saturated carbocycles. The van der Waals surface area contributed by atoms with Gasteiger partial charge in [0.1, 0.15) is 5.82 Å². The molecular weight excluding hydrogens is 398 g/mol. The van der Waals surface area contributed by atoms with Gasteiger partial charge in [-0.3, -0.25) is 0 Å². The van der Waals surface area contributed by atoms with Gasteiger partial charge in [-0.1, -0.05) is 42.5 Å². The van der Waals surface area contributed by atoms with Crippen LogP contribution in [0.25, 0.3) is 10.9 Å². The van der Waals surface area contributed by atoms with E-state index in [0.29, 0.717) is 12.3 Å². The summed E-state index contributed by atoms with van der Waals surface area (Å²) in [6, 6.07) is 19.7. The van der Waals surface area contributed by atoms with E-state index in [1.165, 1.54) is 24.3 Å². The fourth-order valence-corrected chi connectivity index (χ4v) is 4.29. The molecule has 0 atom stereocenters. The smallest absolute Gasteiger partial charge is 0.342 e. The molecule has 0 fully saturated rings. The van der Waals surface area contributed by atoms with E-state index in [2.05, 4.69) is 4.57 Å². The van der Waals surface area contributed by atoms with Crippen molar-refractivity contribution in [3.05, 3.63) is 102 Å². The fourth-order valence-electron chi connectivity index (χ4n) is 3.24. The number of hydrogen-bond donors (Lipinski definition) is 0. The Kier molecular flexibility index (Phi) is 5.37. The van der Waals surface area contributed by atoms with Crippen LogP contribution in [0.4, 0.5) is 17.6 Å². The van der Waals surface area contributed by atoms with Crippen molar-refractivity contribution in [2.45, 2.75) is 23.4 Å². The highest BCUT2D eigenvalue weighted by atomic mass is 32.2. The predicted molar refractivity (Wildman–Crippen MR) is 108 cm³/mol. The Morgan fingerprint density at radius 3 is 2.31 bits per heavy atom. The van der Waals surface area contributed by atoms with E-state index in [1.807, 2.05) is 36.5 Å². The van der Waals surface area contributed by atoms with Gasteiger partial charge in [-0.25, -0.2) is 4.39 Å². The number of para-hydroxylation sites is 1. The number of halogens is 4. The van der Waals surface area contributed by atoms with Gasteiger partial charge in [0.05, 0.1) is 5.56 Å². The lowest BCUT2D eigenvalue weighted by Gasteiger charge is -2.07. The molecule has 1 nitrogen and oxygen atoms in total. The van der Waals surface area contributed by atoms with Crippen molar-refractivity contribution in [3.63, 3.8) is 0 Å². The summed E-state index contributed by atoms with van der Waals surface area (Å²) in [5.74, 6) is 0.294. The van der Waals surface area contributed by atoms with Gasteiger partial charge in [-0.15, -0.1) is 11.8 Å². The fraction of sp³-hybridized carbons (Fsp3) is 0.130. The third-order valence-corrected chi connectivity index (χ3v) is 5.78. The van der Waals surface area contributed by atoms with E-state index in [4.69, 9.17) is 0 Å². The van der Waals surface area contributed by atoms with Crippen molar-refractivity contribution in [2.75, 3.05) is 0 Å². The molecule has 29 heavy (non-hydrogen) atoms. The van der Waals surface area contributed by atoms with E-state index in [0.717, 1.165) is 39.1 Å². The average molecular weight is 415 g/mol. The molecule has 0 N–H and O–H groups in total. The lowest BCUT2D eigenvalue weighted by molar-refractivity contribution is -0.137. The first-order valence-electron chi connectivity index (χ1n) is 9.01. The molecule has 0 unspecified atom stereocenters. The van der Waals surface area contributed by atoms with Crippen LogP contribution in [0.5, 0.6) is 0 Å². The van der Waals surface area contributed by atoms with Crippen molar-refractivity contribution in [1.29, 1.82) is 0 Å². The minimum atomic E-state index is -4.32. The highest BCUT2D eigenvalue weighted by Gasteiger charge is 2.29. The monoisotopic (exact) mass is 415 g/mol. The van der Waals surface area contributed by atoms with E-state index in [1.54, 1.807) is 17.8 Å². The summed E-state index contributed by atoms with van der Waals surface area (Å²) >= 11 is 1.57. The molecule has 3 aromatic carbocycles. The molecule has 0 aliphatic carbocycles. The number of aromatic nitrogens is 1. The normalized spacial score (nSPS) is 11.9. The van der Waals surface area contributed by atoms with Crippen LogP contribution in [-0.4, -0.2) is 4.57 Å². The topological polar surface area (TPSA) is 4.93 Å². The summed E-state index contributed by atoms with van der Waals surface area (Å²) in [4.78, 5) is 1.04. The number of thioether (sulfide) groups is 1. The largest absolute Gasteiger partial charge is 0.416 e. The maximum Gasteiger partial charge on any atom is 0.416 e. The number of nitrogens with zero attached hydrogens (tertiary/aromatic N) is 1. The molecule has 4 aromatic rings. The second-order valence-corrected chi connectivity index (χ2v) is 7.77. The van der Waals surface area contributed by atoms with Crippen molar-refractivity contribution >= 4 is 22.7 Å². The van der Waals surface area contributed by atoms with Crippen LogP contribution in [0.1, 0.15) is 16.7 Å². The Morgan fingerprint density at radius 1 is 0.828 bits per heavy atom. The third-order valence-electron chi connectivity index (χ3n) is 4.67. The number of hydrogen-bond acceptors (Lipinski definition) is 1. The summed E-state index contributed by atoms with van der Waals surface area (Å²) in [6.45, 7) is 0.541. The SMILES string of the molecule is Fc1cccc(Cn2cc(SCc3ccc(C(F)(F)F)cc3)c3ccccc32)c1. The van der Waals surface area contributed by atoms with Crippen molar-refractivity contribution in [3.8, 4) is 0 Å². The minimum Gasteiger partial charge on any atom is -0.342 e. The van der Waals surface area contributed by atoms with E-state index in [-0.39, 0.29) is 5.82 Å². The molecule has 0 amide bonds. The Balaban J connectivity index is 1.56. The summed E-state index contributed by atoms with van der Waals surface area (Å²) < 4.78 is 53.7. The number of fused-ring (bicyclic) bond motifs is 1. The maximum absolute atomic E-state index is 13.5. The Bertz CT molecular complexity index is 1130. The van der Waals surface area contributed by atoms with E-state index in [9.17, 15) is 17.6 Å². The van der Waals surface area contributed by atoms with Gasteiger partial charge in [-0.2, -0.15) is 13.2 Å². The molecule has 6 heteroatoms. The minimum absolute atomic E-state index is 0.268. The van der Waals surface area contributed by atoms with Gasteiger partial charge < -0.3 is 4.57 Å². The van der Waals surface area contributed by atoms with Crippen molar-refractivity contribution in [2.24, 2.45) is 0 Å². The number of benzene rings is 3. The van der Waals surface area contributed by atoms with Crippen LogP contribution in [0.15, 0.2) is 83.9 Å². The zero-order valence-electron chi connectivity index (χ0n) is 15.3. The predicted octanol–water partition coefficient (Wildman–Crippen LogP) is 7.14. The second-order valence-electron chi connectivity index (χ2n) is 6.75. The summed E-state index contributed by atoms with van der Waals surface area (Å²) in [5, 5.41) is 1.07. The van der Waals surface area contributed by atoms with Crippen LogP contribution >= 0.6 is 11.8 Å². The second kappa shape index (κ2) is 7.95. The van der Waals surface area contributed by atoms with Crippen LogP contribution < -0.4 is 0 Å². The maximum atomic E-state index is 13.5. The lowest BCUT2D eigenvalue weighted by Crippen LogP contribution is -2.04. The van der Waals surface area contributed by atoms with E-state index >= 15 is 0 Å². The third kappa shape index (κ3) is 4.48. The molecule has 1 heterocycles. The molecule has 4 rings (SSSR count). The Labute approximate surface area is 170 Å². The highest BCUT2D eigenvalue weighted by Crippen LogP contribution is 2.34. The molecule has 0 aliphatic heterocycles. The molecule has 0 bridgehead atoms. The average Bonchev–Trinajstić information content (AvgIpc) is 3.04. The molecule has 0 spiro atoms. The van der Waals surface area contributed by atoms with Crippen molar-refractivity contribution < 1.29 is 17.6 Å². The molecule has 0 saturated heterocycles.